The average Bonchev–Trinajstić information content (AvgIpc) is 2.74. The van der Waals surface area contributed by atoms with Gasteiger partial charge in [0.25, 0.3) is 0 Å². The van der Waals surface area contributed by atoms with E-state index in [0.717, 1.165) is 23.6 Å². The number of anilines is 1. The van der Waals surface area contributed by atoms with Crippen molar-refractivity contribution in [1.29, 1.82) is 0 Å². The zero-order valence-corrected chi connectivity index (χ0v) is 9.16. The van der Waals surface area contributed by atoms with Gasteiger partial charge in [-0.3, -0.25) is 0 Å². The van der Waals surface area contributed by atoms with Gasteiger partial charge in [0.15, 0.2) is 0 Å². The topological polar surface area (TPSA) is 25.2 Å². The third kappa shape index (κ3) is 2.63. The van der Waals surface area contributed by atoms with Crippen molar-refractivity contribution in [2.24, 2.45) is 0 Å². The van der Waals surface area contributed by atoms with Crippen LogP contribution in [0.1, 0.15) is 18.4 Å². The molecule has 0 saturated heterocycles. The summed E-state index contributed by atoms with van der Waals surface area (Å²) in [4.78, 5) is 0. The number of rotatable bonds is 4. The molecule has 0 amide bonds. The molecule has 0 spiro atoms. The van der Waals surface area contributed by atoms with Crippen molar-refractivity contribution in [3.05, 3.63) is 53.7 Å². The molecule has 3 heteroatoms. The Kier molecular flexibility index (Phi) is 3.25. The van der Waals surface area contributed by atoms with Crippen LogP contribution in [0.4, 0.5) is 10.1 Å². The highest BCUT2D eigenvalue weighted by Gasteiger charge is 2.00. The molecular weight excluding hydrogens is 205 g/mol. The lowest BCUT2D eigenvalue weighted by Gasteiger charge is -2.03. The molecule has 0 saturated carbocycles. The monoisotopic (exact) mass is 219 g/mol. The van der Waals surface area contributed by atoms with Crippen molar-refractivity contribution in [2.45, 2.75) is 19.9 Å². The van der Waals surface area contributed by atoms with Crippen molar-refractivity contribution in [3.8, 4) is 0 Å². The van der Waals surface area contributed by atoms with Crippen LogP contribution in [0.15, 0.2) is 40.8 Å². The van der Waals surface area contributed by atoms with E-state index in [9.17, 15) is 4.39 Å². The molecule has 2 nitrogen and oxygen atoms in total. The molecule has 84 valence electrons. The fraction of sp³-hybridized carbons (Fsp3) is 0.231. The van der Waals surface area contributed by atoms with Gasteiger partial charge in [-0.25, -0.2) is 4.39 Å². The highest BCUT2D eigenvalue weighted by atomic mass is 19.1. The summed E-state index contributed by atoms with van der Waals surface area (Å²) in [5, 5.41) is 3.11. The lowest BCUT2D eigenvalue weighted by atomic mass is 10.3. The summed E-state index contributed by atoms with van der Waals surface area (Å²) in [6.07, 6.45) is 0.889. The minimum absolute atomic E-state index is 0.237. The largest absolute Gasteiger partial charge is 0.464 e. The van der Waals surface area contributed by atoms with Crippen molar-refractivity contribution in [2.75, 3.05) is 5.32 Å². The summed E-state index contributed by atoms with van der Waals surface area (Å²) in [5.41, 5.74) is 0.759. The van der Waals surface area contributed by atoms with Gasteiger partial charge in [-0.1, -0.05) is 13.0 Å². The van der Waals surface area contributed by atoms with Crippen LogP contribution in [0, 0.1) is 5.82 Å². The fourth-order valence-electron chi connectivity index (χ4n) is 1.49. The second-order valence-corrected chi connectivity index (χ2v) is 3.59. The Morgan fingerprint density at radius 3 is 2.69 bits per heavy atom. The first kappa shape index (κ1) is 10.7. The van der Waals surface area contributed by atoms with Crippen molar-refractivity contribution in [3.63, 3.8) is 0 Å². The molecule has 1 aromatic heterocycles. The van der Waals surface area contributed by atoms with Gasteiger partial charge in [0, 0.05) is 12.1 Å². The van der Waals surface area contributed by atoms with Crippen LogP contribution >= 0.6 is 0 Å². The van der Waals surface area contributed by atoms with Crippen LogP contribution in [-0.2, 0) is 13.0 Å². The van der Waals surface area contributed by atoms with E-state index in [2.05, 4.69) is 5.32 Å². The first-order valence-corrected chi connectivity index (χ1v) is 5.35. The molecule has 0 aliphatic rings. The molecule has 0 radical (unpaired) electrons. The Bertz CT molecular complexity index is 464. The van der Waals surface area contributed by atoms with Gasteiger partial charge in [0.1, 0.15) is 17.3 Å². The summed E-state index contributed by atoms with van der Waals surface area (Å²) in [6.45, 7) is 2.62. The zero-order chi connectivity index (χ0) is 11.4. The molecule has 2 aromatic rings. The number of benzene rings is 1. The maximum absolute atomic E-state index is 12.9. The van der Waals surface area contributed by atoms with Gasteiger partial charge < -0.3 is 9.73 Å². The number of nitrogens with one attached hydrogen (secondary N) is 1. The van der Waals surface area contributed by atoms with E-state index in [1.807, 2.05) is 25.1 Å². The second-order valence-electron chi connectivity index (χ2n) is 3.59. The number of hydrogen-bond donors (Lipinski definition) is 1. The van der Waals surface area contributed by atoms with E-state index >= 15 is 0 Å². The molecule has 0 atom stereocenters. The van der Waals surface area contributed by atoms with Crippen molar-refractivity contribution >= 4 is 5.69 Å². The Labute approximate surface area is 94.1 Å². The molecule has 2 rings (SSSR count). The van der Waals surface area contributed by atoms with E-state index in [1.54, 1.807) is 6.07 Å². The first-order valence-electron chi connectivity index (χ1n) is 5.35. The van der Waals surface area contributed by atoms with E-state index in [0.29, 0.717) is 6.54 Å². The smallest absolute Gasteiger partial charge is 0.125 e. The average molecular weight is 219 g/mol. The van der Waals surface area contributed by atoms with Crippen LogP contribution in [0.2, 0.25) is 0 Å². The number of halogens is 1. The normalized spacial score (nSPS) is 10.4. The van der Waals surface area contributed by atoms with Crippen LogP contribution in [0.25, 0.3) is 0 Å². The Balaban J connectivity index is 1.96. The molecule has 0 aliphatic carbocycles. The zero-order valence-electron chi connectivity index (χ0n) is 9.16. The van der Waals surface area contributed by atoms with Gasteiger partial charge in [-0.05, 0) is 30.3 Å². The molecule has 1 N–H and O–H groups in total. The summed E-state index contributed by atoms with van der Waals surface area (Å²) in [6, 6.07) is 10.3. The third-order valence-electron chi connectivity index (χ3n) is 2.36. The minimum atomic E-state index is -0.237. The van der Waals surface area contributed by atoms with E-state index in [4.69, 9.17) is 4.42 Å². The van der Waals surface area contributed by atoms with E-state index in [1.165, 1.54) is 12.1 Å². The summed E-state index contributed by atoms with van der Waals surface area (Å²) in [5.74, 6) is 1.59. The Morgan fingerprint density at radius 2 is 2.00 bits per heavy atom. The van der Waals surface area contributed by atoms with Crippen LogP contribution < -0.4 is 5.32 Å². The van der Waals surface area contributed by atoms with Crippen LogP contribution in [-0.4, -0.2) is 0 Å². The lowest BCUT2D eigenvalue weighted by Crippen LogP contribution is -1.98. The molecule has 16 heavy (non-hydrogen) atoms. The SMILES string of the molecule is CCc1ccc(CNc2cccc(F)c2)o1. The summed E-state index contributed by atoms with van der Waals surface area (Å²) >= 11 is 0. The number of hydrogen-bond acceptors (Lipinski definition) is 2. The van der Waals surface area contributed by atoms with Crippen LogP contribution in [0.5, 0.6) is 0 Å². The molecule has 0 unspecified atom stereocenters. The summed E-state index contributed by atoms with van der Waals surface area (Å²) < 4.78 is 18.4. The predicted molar refractivity (Wildman–Crippen MR) is 61.8 cm³/mol. The van der Waals surface area contributed by atoms with Gasteiger partial charge in [0.2, 0.25) is 0 Å². The summed E-state index contributed by atoms with van der Waals surface area (Å²) in [7, 11) is 0. The highest BCUT2D eigenvalue weighted by molar-refractivity contribution is 5.43. The van der Waals surface area contributed by atoms with Gasteiger partial charge >= 0.3 is 0 Å². The molecule has 1 heterocycles. The minimum Gasteiger partial charge on any atom is -0.464 e. The van der Waals surface area contributed by atoms with E-state index < -0.39 is 0 Å². The molecule has 1 aromatic carbocycles. The van der Waals surface area contributed by atoms with Gasteiger partial charge in [0.05, 0.1) is 6.54 Å². The number of furan rings is 1. The third-order valence-corrected chi connectivity index (χ3v) is 2.36. The van der Waals surface area contributed by atoms with Crippen LogP contribution in [0.3, 0.4) is 0 Å². The standard InChI is InChI=1S/C13H14FNO/c1-2-12-6-7-13(16-12)9-15-11-5-3-4-10(14)8-11/h3-8,15H,2,9H2,1H3. The number of aryl methyl sites for hydroxylation is 1. The second kappa shape index (κ2) is 4.84. The predicted octanol–water partition coefficient (Wildman–Crippen LogP) is 3.59. The van der Waals surface area contributed by atoms with Gasteiger partial charge in [-0.15, -0.1) is 0 Å². The molecule has 0 fully saturated rings. The quantitative estimate of drug-likeness (QED) is 0.850. The molecule has 0 aliphatic heterocycles. The van der Waals surface area contributed by atoms with Gasteiger partial charge in [-0.2, -0.15) is 0 Å². The maximum atomic E-state index is 12.9. The molecule has 0 bridgehead atoms. The first-order chi connectivity index (χ1) is 7.78. The van der Waals surface area contributed by atoms with Crippen molar-refractivity contribution < 1.29 is 8.81 Å². The Morgan fingerprint density at radius 1 is 1.19 bits per heavy atom. The lowest BCUT2D eigenvalue weighted by molar-refractivity contribution is 0.476. The van der Waals surface area contributed by atoms with E-state index in [-0.39, 0.29) is 5.82 Å². The van der Waals surface area contributed by atoms with Crippen molar-refractivity contribution in [1.82, 2.24) is 0 Å². The highest BCUT2D eigenvalue weighted by Crippen LogP contribution is 2.13. The molecular formula is C13H14FNO. The Hall–Kier alpha value is -1.77. The maximum Gasteiger partial charge on any atom is 0.125 e. The fourth-order valence-corrected chi connectivity index (χ4v) is 1.49.